The third kappa shape index (κ3) is 13.1. The summed E-state index contributed by atoms with van der Waals surface area (Å²) in [6.45, 7) is 0. The highest BCUT2D eigenvalue weighted by atomic mass is 31.1. The molecule has 1 nitrogen and oxygen atoms in total. The Morgan fingerprint density at radius 3 is 1.25 bits per heavy atom. The first-order valence-electron chi connectivity index (χ1n) is 0.577. The average Bonchev–Trinajstić information content (AvgIpc) is 0.918. The quantitative estimate of drug-likeness (QED) is 0.299. The van der Waals surface area contributed by atoms with Crippen molar-refractivity contribution in [1.29, 1.82) is 0 Å². The van der Waals surface area contributed by atoms with Gasteiger partial charge in [0.05, 0.1) is 8.41 Å². The van der Waals surface area contributed by atoms with Gasteiger partial charge in [-0.05, 0) is 0 Å². The molecule has 26 valence electrons. The monoisotopic (exact) mass is 95.0 g/mol. The molecule has 4 heavy (non-hydrogen) atoms. The smallest absolute Gasteiger partial charge is 0.0814 e. The average molecular weight is 94.8 g/mol. The molecular weight excluding hydrogens is 86.8 g/mol. The van der Waals surface area contributed by atoms with Crippen molar-refractivity contribution in [2.24, 2.45) is 0 Å². The summed E-state index contributed by atoms with van der Waals surface area (Å²) in [5, 5.41) is 0. The molecule has 0 fully saturated rings. The van der Waals surface area contributed by atoms with Crippen molar-refractivity contribution in [2.75, 3.05) is 0 Å². The minimum absolute atomic E-state index is 0. The van der Waals surface area contributed by atoms with Crippen molar-refractivity contribution < 1.29 is 0 Å². The van der Waals surface area contributed by atoms with Crippen LogP contribution in [0.4, 0.5) is 0 Å². The third-order valence-corrected chi connectivity index (χ3v) is 0. The number of hydrogen-bond acceptors (Lipinski definition) is 1. The van der Waals surface area contributed by atoms with Gasteiger partial charge < -0.3 is 0 Å². The van der Waals surface area contributed by atoms with Crippen LogP contribution in [-0.2, 0) is 0 Å². The van der Waals surface area contributed by atoms with Crippen molar-refractivity contribution >= 4 is 27.2 Å². The molecule has 0 aromatic carbocycles. The van der Waals surface area contributed by atoms with Crippen molar-refractivity contribution in [1.82, 2.24) is 4.86 Å². The van der Waals surface area contributed by atoms with Crippen LogP contribution in [0.2, 0.25) is 0 Å². The minimum Gasteiger partial charge on any atom is -0.285 e. The maximum Gasteiger partial charge on any atom is 0.0814 e. The Morgan fingerprint density at radius 1 is 1.25 bits per heavy atom. The van der Waals surface area contributed by atoms with Gasteiger partial charge in [0, 0.05) is 0 Å². The normalized spacial score (nSPS) is 4.50. The highest BCUT2D eigenvalue weighted by Gasteiger charge is 1.24. The number of rotatable bonds is 0. The van der Waals surface area contributed by atoms with Gasteiger partial charge in [-0.1, -0.05) is 18.8 Å². The Bertz CT molecular complexity index is 6.00. The maximum absolute atomic E-state index is 2.58. The molecule has 0 aromatic heterocycles. The molecule has 0 aliphatic heterocycles. The molecule has 0 spiro atoms. The summed E-state index contributed by atoms with van der Waals surface area (Å²) in [5.41, 5.74) is 0. The fourth-order valence-electron chi connectivity index (χ4n) is 0. The highest BCUT2D eigenvalue weighted by Crippen LogP contribution is 1.69. The van der Waals surface area contributed by atoms with E-state index < -0.39 is 0 Å². The van der Waals surface area contributed by atoms with Crippen LogP contribution in [0, 0.1) is 0 Å². The first-order chi connectivity index (χ1) is 1.41. The summed E-state index contributed by atoms with van der Waals surface area (Å²) in [6, 6.07) is 0. The number of nitrogens with one attached hydrogen (secondary N) is 1. The third-order valence-electron chi connectivity index (χ3n) is 0. The first kappa shape index (κ1) is 8.86. The van der Waals surface area contributed by atoms with Crippen LogP contribution < -0.4 is 4.86 Å². The molecule has 0 aromatic rings. The maximum atomic E-state index is 2.58. The van der Waals surface area contributed by atoms with E-state index in [0.717, 1.165) is 0 Å². The molecule has 2 atom stereocenters. The molecule has 0 aliphatic carbocycles. The van der Waals surface area contributed by atoms with Gasteiger partial charge in [-0.2, -0.15) is 0 Å². The molecule has 0 radical (unpaired) electrons. The molecule has 1 N–H and O–H groups in total. The van der Waals surface area contributed by atoms with Gasteiger partial charge in [0.15, 0.2) is 0 Å². The molecule has 4 heteroatoms. The molecule has 0 saturated heterocycles. The van der Waals surface area contributed by atoms with Gasteiger partial charge in [-0.15, -0.1) is 0 Å². The minimum atomic E-state index is 0. The van der Waals surface area contributed by atoms with E-state index in [9.17, 15) is 0 Å². The zero-order valence-corrected chi connectivity index (χ0v) is 3.96. The molecule has 0 saturated carbocycles. The van der Waals surface area contributed by atoms with Gasteiger partial charge >= 0.3 is 0 Å². The lowest BCUT2D eigenvalue weighted by Gasteiger charge is -1.59. The van der Waals surface area contributed by atoms with Crippen molar-refractivity contribution in [3.05, 3.63) is 0 Å². The largest absolute Gasteiger partial charge is 0.285 e. The van der Waals surface area contributed by atoms with Crippen LogP contribution in [-0.4, -0.2) is 8.41 Å². The van der Waals surface area contributed by atoms with E-state index in [2.05, 4.69) is 23.6 Å². The molecule has 2 unspecified atom stereocenters. The predicted octanol–water partition coefficient (Wildman–Crippen LogP) is -1.03. The number of hydrogen-bond donors (Lipinski definition) is 1. The van der Waals surface area contributed by atoms with Crippen LogP contribution in [0.25, 0.3) is 0 Å². The van der Waals surface area contributed by atoms with Crippen LogP contribution in [0.15, 0.2) is 0 Å². The predicted molar refractivity (Wildman–Crippen MR) is 32.5 cm³/mol. The SMILES string of the molecule is B.PNP. The lowest BCUT2D eigenvalue weighted by atomic mass is 10.8. The molecule has 0 aliphatic rings. The van der Waals surface area contributed by atoms with E-state index in [1.165, 1.54) is 0 Å². The Morgan fingerprint density at radius 2 is 1.25 bits per heavy atom. The summed E-state index contributed by atoms with van der Waals surface area (Å²) in [4.78, 5) is 2.58. The van der Waals surface area contributed by atoms with Gasteiger partial charge in [-0.3, -0.25) is 4.86 Å². The summed E-state index contributed by atoms with van der Waals surface area (Å²) >= 11 is 0. The van der Waals surface area contributed by atoms with E-state index in [0.29, 0.717) is 0 Å². The van der Waals surface area contributed by atoms with Crippen LogP contribution >= 0.6 is 18.8 Å². The summed E-state index contributed by atoms with van der Waals surface area (Å²) in [5.74, 6) is 0. The van der Waals surface area contributed by atoms with E-state index in [4.69, 9.17) is 0 Å². The first-order valence-corrected chi connectivity index (χ1v) is 1.73. The van der Waals surface area contributed by atoms with Gasteiger partial charge in [0.25, 0.3) is 0 Å². The van der Waals surface area contributed by atoms with E-state index in [-0.39, 0.29) is 8.41 Å². The Kier molecular flexibility index (Phi) is 20.2. The fourth-order valence-corrected chi connectivity index (χ4v) is 0. The zero-order chi connectivity index (χ0) is 2.71. The lowest BCUT2D eigenvalue weighted by molar-refractivity contribution is 1.78. The fraction of sp³-hybridized carbons (Fsp3) is 0. The van der Waals surface area contributed by atoms with E-state index >= 15 is 0 Å². The second-order valence-electron chi connectivity index (χ2n) is 0.167. The Hall–Kier alpha value is 0.885. The standard InChI is InChI=1S/BH3.H5NP2/c;2-1-3/h1H3;1H,2-3H2. The lowest BCUT2D eigenvalue weighted by Crippen LogP contribution is -1.54. The second kappa shape index (κ2) is 9.10. The Labute approximate surface area is 33.0 Å². The van der Waals surface area contributed by atoms with Crippen LogP contribution in [0.1, 0.15) is 0 Å². The van der Waals surface area contributed by atoms with Crippen molar-refractivity contribution in [3.8, 4) is 0 Å². The molecule has 0 rings (SSSR count). The highest BCUT2D eigenvalue weighted by molar-refractivity contribution is 7.31. The molecular formula is H8BNP2. The van der Waals surface area contributed by atoms with Gasteiger partial charge in [0.2, 0.25) is 0 Å². The van der Waals surface area contributed by atoms with E-state index in [1.54, 1.807) is 0 Å². The molecule has 0 bridgehead atoms. The van der Waals surface area contributed by atoms with Crippen molar-refractivity contribution in [3.63, 3.8) is 0 Å². The van der Waals surface area contributed by atoms with E-state index in [1.807, 2.05) is 0 Å². The summed E-state index contributed by atoms with van der Waals surface area (Å²) in [6.07, 6.45) is 0. The van der Waals surface area contributed by atoms with Crippen LogP contribution in [0.5, 0.6) is 0 Å². The van der Waals surface area contributed by atoms with Gasteiger partial charge in [-0.25, -0.2) is 0 Å². The Balaban J connectivity index is 0. The summed E-state index contributed by atoms with van der Waals surface area (Å²) < 4.78 is 0. The van der Waals surface area contributed by atoms with Gasteiger partial charge in [0.1, 0.15) is 0 Å². The second-order valence-corrected chi connectivity index (χ2v) is 1.50. The van der Waals surface area contributed by atoms with Crippen molar-refractivity contribution in [2.45, 2.75) is 0 Å². The zero-order valence-electron chi connectivity index (χ0n) is 1.65. The molecule has 0 heterocycles. The summed E-state index contributed by atoms with van der Waals surface area (Å²) in [7, 11) is 4.58. The topological polar surface area (TPSA) is 12.0 Å². The molecule has 0 amide bonds. The van der Waals surface area contributed by atoms with Crippen LogP contribution in [0.3, 0.4) is 0 Å².